The molecule has 142 valence electrons. The van der Waals surface area contributed by atoms with E-state index in [2.05, 4.69) is 97.1 Å². The molecule has 1 aromatic heterocycles. The van der Waals surface area contributed by atoms with Gasteiger partial charge < -0.3 is 4.42 Å². The third-order valence-corrected chi connectivity index (χ3v) is 6.02. The summed E-state index contributed by atoms with van der Waals surface area (Å²) in [6.45, 7) is 0. The van der Waals surface area contributed by atoms with E-state index < -0.39 is 0 Å². The number of fused-ring (bicyclic) bond motifs is 2. The van der Waals surface area contributed by atoms with Crippen LogP contribution in [0.2, 0.25) is 0 Å². The Morgan fingerprint density at radius 2 is 1.37 bits per heavy atom. The van der Waals surface area contributed by atoms with Crippen LogP contribution in [0.4, 0.5) is 0 Å². The van der Waals surface area contributed by atoms with E-state index in [1.54, 1.807) is 6.26 Å². The summed E-state index contributed by atoms with van der Waals surface area (Å²) in [6.07, 6.45) is 5.01. The van der Waals surface area contributed by atoms with E-state index in [0.29, 0.717) is 0 Å². The zero-order valence-corrected chi connectivity index (χ0v) is 16.5. The third kappa shape index (κ3) is 2.71. The summed E-state index contributed by atoms with van der Waals surface area (Å²) in [5.41, 5.74) is 8.80. The molecule has 0 aliphatic heterocycles. The Morgan fingerprint density at radius 3 is 2.30 bits per heavy atom. The molecule has 0 saturated carbocycles. The van der Waals surface area contributed by atoms with Gasteiger partial charge in [-0.2, -0.15) is 0 Å². The van der Waals surface area contributed by atoms with Gasteiger partial charge in [-0.15, -0.1) is 0 Å². The fourth-order valence-electron chi connectivity index (χ4n) is 4.61. The molecular formula is C29H20O. The Morgan fingerprint density at radius 1 is 0.600 bits per heavy atom. The smallest absolute Gasteiger partial charge is 0.137 e. The highest BCUT2D eigenvalue weighted by Crippen LogP contribution is 2.42. The second-order valence-corrected chi connectivity index (χ2v) is 7.78. The van der Waals surface area contributed by atoms with Crippen molar-refractivity contribution >= 4 is 22.4 Å². The molecule has 0 saturated heterocycles. The molecule has 6 rings (SSSR count). The van der Waals surface area contributed by atoms with E-state index >= 15 is 0 Å². The zero-order valence-electron chi connectivity index (χ0n) is 16.5. The molecule has 0 atom stereocenters. The van der Waals surface area contributed by atoms with Gasteiger partial charge in [-0.1, -0.05) is 91.0 Å². The van der Waals surface area contributed by atoms with Crippen LogP contribution in [0.1, 0.15) is 16.9 Å². The highest BCUT2D eigenvalue weighted by molar-refractivity contribution is 6.02. The maximum atomic E-state index is 5.98. The fourth-order valence-corrected chi connectivity index (χ4v) is 4.61. The zero-order chi connectivity index (χ0) is 19.9. The normalized spacial score (nSPS) is 12.7. The lowest BCUT2D eigenvalue weighted by Crippen LogP contribution is -1.89. The minimum atomic E-state index is 0.890. The molecule has 30 heavy (non-hydrogen) atoms. The standard InChI is InChI=1S/C29H20O/c1-2-8-21(9-3-1)25-16-17-30-29(25)23-18-22-12-7-15-27(28(22)19-23)26-14-6-11-20-10-4-5-13-24(20)26/h1-17,19H,18H2. The van der Waals surface area contributed by atoms with Crippen LogP contribution >= 0.6 is 0 Å². The highest BCUT2D eigenvalue weighted by Gasteiger charge is 2.22. The molecule has 0 fully saturated rings. The first-order chi connectivity index (χ1) is 14.9. The van der Waals surface area contributed by atoms with Crippen molar-refractivity contribution in [1.82, 2.24) is 0 Å². The summed E-state index contributed by atoms with van der Waals surface area (Å²) in [4.78, 5) is 0. The van der Waals surface area contributed by atoms with Gasteiger partial charge in [0.25, 0.3) is 0 Å². The second kappa shape index (κ2) is 6.89. The van der Waals surface area contributed by atoms with E-state index in [9.17, 15) is 0 Å². The van der Waals surface area contributed by atoms with Gasteiger partial charge in [-0.05, 0) is 50.7 Å². The molecule has 5 aromatic rings. The summed E-state index contributed by atoms with van der Waals surface area (Å²) in [7, 11) is 0. The molecular weight excluding hydrogens is 364 g/mol. The van der Waals surface area contributed by atoms with Gasteiger partial charge in [0.1, 0.15) is 5.76 Å². The van der Waals surface area contributed by atoms with Gasteiger partial charge in [0, 0.05) is 17.6 Å². The van der Waals surface area contributed by atoms with E-state index in [0.717, 1.165) is 17.7 Å². The number of rotatable bonds is 3. The topological polar surface area (TPSA) is 13.1 Å². The van der Waals surface area contributed by atoms with Crippen LogP contribution in [-0.2, 0) is 6.42 Å². The first-order valence-corrected chi connectivity index (χ1v) is 10.3. The summed E-state index contributed by atoms with van der Waals surface area (Å²) >= 11 is 0. The van der Waals surface area contributed by atoms with E-state index in [1.165, 1.54) is 44.2 Å². The predicted molar refractivity (Wildman–Crippen MR) is 125 cm³/mol. The van der Waals surface area contributed by atoms with Crippen LogP contribution in [0.5, 0.6) is 0 Å². The van der Waals surface area contributed by atoms with Crippen molar-refractivity contribution in [2.24, 2.45) is 0 Å². The minimum Gasteiger partial charge on any atom is -0.464 e. The summed E-state index contributed by atoms with van der Waals surface area (Å²) < 4.78 is 5.98. The largest absolute Gasteiger partial charge is 0.464 e. The lowest BCUT2D eigenvalue weighted by atomic mass is 9.93. The quantitative estimate of drug-likeness (QED) is 0.308. The van der Waals surface area contributed by atoms with Crippen molar-refractivity contribution in [3.8, 4) is 22.3 Å². The average Bonchev–Trinajstić information content (AvgIpc) is 3.46. The maximum Gasteiger partial charge on any atom is 0.137 e. The molecule has 1 nitrogen and oxygen atoms in total. The van der Waals surface area contributed by atoms with Crippen molar-refractivity contribution < 1.29 is 4.42 Å². The fraction of sp³-hybridized carbons (Fsp3) is 0.0345. The second-order valence-electron chi connectivity index (χ2n) is 7.78. The van der Waals surface area contributed by atoms with Crippen LogP contribution in [0.3, 0.4) is 0 Å². The predicted octanol–water partition coefficient (Wildman–Crippen LogP) is 7.86. The van der Waals surface area contributed by atoms with E-state index in [-0.39, 0.29) is 0 Å². The lowest BCUT2D eigenvalue weighted by Gasteiger charge is -2.11. The van der Waals surface area contributed by atoms with Crippen molar-refractivity contribution in [3.05, 3.63) is 120 Å². The number of hydrogen-bond donors (Lipinski definition) is 0. The molecule has 1 heterocycles. The van der Waals surface area contributed by atoms with Gasteiger partial charge in [-0.25, -0.2) is 0 Å². The minimum absolute atomic E-state index is 0.890. The summed E-state index contributed by atoms with van der Waals surface area (Å²) in [5.74, 6) is 0.973. The maximum absolute atomic E-state index is 5.98. The molecule has 0 amide bonds. The molecule has 1 aliphatic rings. The number of furan rings is 1. The van der Waals surface area contributed by atoms with Gasteiger partial charge in [0.05, 0.1) is 6.26 Å². The first-order valence-electron chi connectivity index (χ1n) is 10.3. The van der Waals surface area contributed by atoms with Crippen LogP contribution in [0.25, 0.3) is 44.7 Å². The van der Waals surface area contributed by atoms with Crippen molar-refractivity contribution in [2.45, 2.75) is 6.42 Å². The van der Waals surface area contributed by atoms with Gasteiger partial charge in [-0.3, -0.25) is 0 Å². The lowest BCUT2D eigenvalue weighted by molar-refractivity contribution is 0.553. The van der Waals surface area contributed by atoms with Gasteiger partial charge >= 0.3 is 0 Å². The number of benzene rings is 4. The van der Waals surface area contributed by atoms with E-state index in [1.807, 2.05) is 6.07 Å². The Labute approximate surface area is 175 Å². The highest BCUT2D eigenvalue weighted by atomic mass is 16.3. The summed E-state index contributed by atoms with van der Waals surface area (Å²) in [6, 6.07) is 34.3. The van der Waals surface area contributed by atoms with Crippen LogP contribution in [0.15, 0.2) is 108 Å². The van der Waals surface area contributed by atoms with E-state index in [4.69, 9.17) is 4.42 Å². The van der Waals surface area contributed by atoms with Gasteiger partial charge in [0.15, 0.2) is 0 Å². The third-order valence-electron chi connectivity index (χ3n) is 6.02. The van der Waals surface area contributed by atoms with Crippen molar-refractivity contribution in [1.29, 1.82) is 0 Å². The average molecular weight is 384 g/mol. The Bertz CT molecular complexity index is 1400. The van der Waals surface area contributed by atoms with Crippen molar-refractivity contribution in [2.75, 3.05) is 0 Å². The number of hydrogen-bond acceptors (Lipinski definition) is 1. The molecule has 0 bridgehead atoms. The SMILES string of the molecule is C1=C(c2occc2-c2ccccc2)Cc2cccc(-c3cccc4ccccc34)c21. The molecule has 4 aromatic carbocycles. The molecule has 0 spiro atoms. The van der Waals surface area contributed by atoms with Crippen molar-refractivity contribution in [3.63, 3.8) is 0 Å². The molecule has 0 N–H and O–H groups in total. The van der Waals surface area contributed by atoms with Crippen LogP contribution in [-0.4, -0.2) is 0 Å². The monoisotopic (exact) mass is 384 g/mol. The van der Waals surface area contributed by atoms with Crippen LogP contribution < -0.4 is 0 Å². The Hall–Kier alpha value is -3.84. The molecule has 0 unspecified atom stereocenters. The van der Waals surface area contributed by atoms with Crippen LogP contribution in [0, 0.1) is 0 Å². The Kier molecular flexibility index (Phi) is 3.92. The Balaban J connectivity index is 1.50. The summed E-state index contributed by atoms with van der Waals surface area (Å²) in [5, 5.41) is 2.56. The number of allylic oxidation sites excluding steroid dienone is 1. The molecule has 1 heteroatoms. The molecule has 0 radical (unpaired) electrons. The first kappa shape index (κ1) is 17.1. The molecule has 1 aliphatic carbocycles. The van der Waals surface area contributed by atoms with Gasteiger partial charge in [0.2, 0.25) is 0 Å².